The van der Waals surface area contributed by atoms with Crippen molar-refractivity contribution >= 4 is 31.4 Å². The van der Waals surface area contributed by atoms with E-state index in [1.807, 2.05) is 78.9 Å². The van der Waals surface area contributed by atoms with Gasteiger partial charge in [0.15, 0.2) is 17.4 Å². The first-order valence-corrected chi connectivity index (χ1v) is 22.9. The van der Waals surface area contributed by atoms with Crippen molar-refractivity contribution in [3.05, 3.63) is 112 Å². The Morgan fingerprint density at radius 2 is 1.52 bits per heavy atom. The van der Waals surface area contributed by atoms with Crippen LogP contribution in [0.2, 0.25) is 0 Å². The first-order valence-electron chi connectivity index (χ1n) is 21.5. The molecule has 0 spiro atoms. The number of hydrogen-bond donors (Lipinski definition) is 2. The molecule has 16 nitrogen and oxygen atoms in total. The number of hydrogen-bond acceptors (Lipinski definition) is 14. The lowest BCUT2D eigenvalue weighted by Crippen LogP contribution is -2.43. The van der Waals surface area contributed by atoms with Gasteiger partial charge in [0.05, 0.1) is 40.4 Å². The molecule has 65 heavy (non-hydrogen) atoms. The van der Waals surface area contributed by atoms with Gasteiger partial charge in [0.1, 0.15) is 55.5 Å². The number of nitrogens with zero attached hydrogens (tertiary/aromatic N) is 4. The van der Waals surface area contributed by atoms with Gasteiger partial charge in [-0.25, -0.2) is 4.98 Å². The minimum absolute atomic E-state index is 0.0549. The fourth-order valence-electron chi connectivity index (χ4n) is 8.21. The van der Waals surface area contributed by atoms with Gasteiger partial charge in [-0.2, -0.15) is 4.98 Å². The van der Waals surface area contributed by atoms with E-state index in [4.69, 9.17) is 49.8 Å². The van der Waals surface area contributed by atoms with Crippen molar-refractivity contribution in [2.75, 3.05) is 53.0 Å². The summed E-state index contributed by atoms with van der Waals surface area (Å²) in [5.41, 5.74) is 6.11. The van der Waals surface area contributed by atoms with Gasteiger partial charge < -0.3 is 43.4 Å². The molecule has 2 unspecified atom stereocenters. The van der Waals surface area contributed by atoms with Crippen LogP contribution >= 0.6 is 8.30 Å². The summed E-state index contributed by atoms with van der Waals surface area (Å²) in [5, 5.41) is 0. The monoisotopic (exact) mass is 912 g/mol. The number of anilines is 1. The van der Waals surface area contributed by atoms with E-state index in [0.717, 1.165) is 16.7 Å². The van der Waals surface area contributed by atoms with E-state index in [0.29, 0.717) is 11.5 Å². The number of carbonyl (C=O) groups is 1. The van der Waals surface area contributed by atoms with Crippen molar-refractivity contribution in [2.24, 2.45) is 0 Å². The number of aromatic amines is 1. The Kier molecular flexibility index (Phi) is 16.4. The Labute approximate surface area is 381 Å². The largest absolute Gasteiger partial charge is 0.497 e. The molecule has 1 aliphatic rings. The Balaban J connectivity index is 1.53. The van der Waals surface area contributed by atoms with Crippen LogP contribution in [0.25, 0.3) is 11.2 Å². The zero-order chi connectivity index (χ0) is 46.9. The minimum Gasteiger partial charge on any atom is -0.497 e. The normalized spacial score (nSPS) is 18.3. The molecule has 0 bridgehead atoms. The van der Waals surface area contributed by atoms with Crippen LogP contribution in [-0.4, -0.2) is 113 Å². The maximum Gasteiger partial charge on any atom is 0.314 e. The molecule has 348 valence electrons. The van der Waals surface area contributed by atoms with Gasteiger partial charge >= 0.3 is 5.97 Å². The quantitative estimate of drug-likeness (QED) is 0.0243. The van der Waals surface area contributed by atoms with Crippen molar-refractivity contribution in [3.8, 4) is 23.8 Å². The van der Waals surface area contributed by atoms with Gasteiger partial charge in [0.2, 0.25) is 5.95 Å². The number of ether oxygens (including phenoxy) is 7. The fraction of sp³-hybridized carbons (Fsp3) is 0.458. The number of H-pyrrole nitrogens is 1. The third-order valence-corrected chi connectivity index (χ3v) is 13.4. The second-order valence-electron chi connectivity index (χ2n) is 16.7. The van der Waals surface area contributed by atoms with Gasteiger partial charge in [-0.1, -0.05) is 54.6 Å². The molecule has 1 fully saturated rings. The predicted octanol–water partition coefficient (Wildman–Crippen LogP) is 6.82. The minimum atomic E-state index is -1.77. The lowest BCUT2D eigenvalue weighted by atomic mass is 9.80. The van der Waals surface area contributed by atoms with E-state index in [1.54, 1.807) is 39.7 Å². The van der Waals surface area contributed by atoms with Crippen molar-refractivity contribution in [1.82, 2.24) is 24.2 Å². The molecule has 17 heteroatoms. The highest BCUT2D eigenvalue weighted by atomic mass is 31.2. The number of fused-ring (bicyclic) bond motifs is 1. The number of nitrogens with one attached hydrogen (secondary N) is 1. The second-order valence-corrected chi connectivity index (χ2v) is 18.4. The van der Waals surface area contributed by atoms with Crippen LogP contribution in [0.15, 0.2) is 90.0 Å². The summed E-state index contributed by atoms with van der Waals surface area (Å²) in [6.07, 6.45) is 3.57. The third kappa shape index (κ3) is 11.2. The van der Waals surface area contributed by atoms with Crippen LogP contribution in [0.5, 0.6) is 11.5 Å². The molecule has 0 amide bonds. The van der Waals surface area contributed by atoms with Crippen LogP contribution in [0.3, 0.4) is 0 Å². The molecule has 0 aliphatic carbocycles. The van der Waals surface area contributed by atoms with Gasteiger partial charge in [0.25, 0.3) is 5.56 Å². The summed E-state index contributed by atoms with van der Waals surface area (Å²) >= 11 is 0. The predicted molar refractivity (Wildman–Crippen MR) is 249 cm³/mol. The first kappa shape index (κ1) is 49.1. The standard InChI is InChI=1S/C48H61N6O10P/c1-11-25-47(6,7)63-39(55)29-65(54(31(2)3)32(4)5)64-41-38(62-45(42(41)60-27-26-57-8)53-30-50-40-43(53)51-46(49)52-44(40)56)28-61-48(33-15-13-12-14-16-33,34-17-21-36(58-9)22-18-34)35-19-23-37(59-10)24-20-35/h1,12-24,30-32,38,41-42,45H,25-29H2,2-10H3,(H3,49,51,52,56)/t38-,41+,42?,45-,65?/m1/s1. The van der Waals surface area contributed by atoms with Crippen LogP contribution in [0, 0.1) is 12.3 Å². The highest BCUT2D eigenvalue weighted by molar-refractivity contribution is 7.51. The zero-order valence-electron chi connectivity index (χ0n) is 38.6. The average Bonchev–Trinajstić information content (AvgIpc) is 3.85. The topological polar surface area (TPSA) is 184 Å². The number of methoxy groups -OCH3 is 3. The van der Waals surface area contributed by atoms with Crippen molar-refractivity contribution in [3.63, 3.8) is 0 Å². The van der Waals surface area contributed by atoms with Crippen molar-refractivity contribution < 1.29 is 42.5 Å². The van der Waals surface area contributed by atoms with E-state index in [1.165, 1.54) is 6.33 Å². The number of nitrogens with two attached hydrogens (primary N) is 1. The molecule has 0 saturated carbocycles. The Hall–Kier alpha value is -5.37. The molecule has 6 rings (SSSR count). The van der Waals surface area contributed by atoms with Gasteiger partial charge in [-0.05, 0) is 82.5 Å². The number of rotatable bonds is 22. The highest BCUT2D eigenvalue weighted by Crippen LogP contribution is 2.51. The van der Waals surface area contributed by atoms with E-state index >= 15 is 0 Å². The summed E-state index contributed by atoms with van der Waals surface area (Å²) in [7, 11) is 3.04. The molecule has 3 aromatic carbocycles. The Morgan fingerprint density at radius 1 is 0.923 bits per heavy atom. The summed E-state index contributed by atoms with van der Waals surface area (Å²) < 4.78 is 54.9. The van der Waals surface area contributed by atoms with E-state index < -0.39 is 55.6 Å². The molecule has 5 aromatic rings. The van der Waals surface area contributed by atoms with E-state index in [9.17, 15) is 9.59 Å². The molecule has 5 atom stereocenters. The summed E-state index contributed by atoms with van der Waals surface area (Å²) in [5.74, 6) is 3.38. The Morgan fingerprint density at radius 3 is 2.08 bits per heavy atom. The third-order valence-electron chi connectivity index (χ3n) is 11.0. The van der Waals surface area contributed by atoms with Crippen LogP contribution in [0.4, 0.5) is 5.95 Å². The van der Waals surface area contributed by atoms with E-state index in [2.05, 4.69) is 53.2 Å². The number of nitrogen functional groups attached to an aromatic ring is 1. The van der Waals surface area contributed by atoms with Gasteiger partial charge in [-0.15, -0.1) is 12.3 Å². The smallest absolute Gasteiger partial charge is 0.314 e. The van der Waals surface area contributed by atoms with E-state index in [-0.39, 0.29) is 61.6 Å². The SMILES string of the molecule is C#CCC(C)(C)OC(=O)CP(O[C@@H]1C(OCCOC)[C@H](n2cnc3c(=O)[nH]c(N)nc32)O[C@@H]1COC(c1ccccc1)(c1ccc(OC)cc1)c1ccc(OC)cc1)N(C(C)C)C(C)C. The number of aromatic nitrogens is 4. The number of terminal acetylenes is 1. The molecule has 0 radical (unpaired) electrons. The molecule has 2 aromatic heterocycles. The Bertz CT molecular complexity index is 2360. The summed E-state index contributed by atoms with van der Waals surface area (Å²) in [6.45, 7) is 12.1. The average molecular weight is 913 g/mol. The van der Waals surface area contributed by atoms with Crippen LogP contribution in [0.1, 0.15) is 70.9 Å². The fourth-order valence-corrected chi connectivity index (χ4v) is 10.4. The molecular formula is C48H61N6O10P. The first-order chi connectivity index (χ1) is 31.2. The lowest BCUT2D eigenvalue weighted by Gasteiger charge is -2.40. The zero-order valence-corrected chi connectivity index (χ0v) is 39.5. The second kappa shape index (κ2) is 21.7. The number of esters is 1. The maximum atomic E-state index is 14.0. The van der Waals surface area contributed by atoms with Gasteiger partial charge in [-0.3, -0.25) is 23.8 Å². The number of imidazole rings is 1. The number of benzene rings is 3. The van der Waals surface area contributed by atoms with Crippen LogP contribution < -0.4 is 20.8 Å². The maximum absolute atomic E-state index is 14.0. The molecular weight excluding hydrogens is 852 g/mol. The molecule has 3 N–H and O–H groups in total. The van der Waals surface area contributed by atoms with Crippen LogP contribution in [-0.2, 0) is 38.6 Å². The molecule has 3 heterocycles. The molecule has 1 saturated heterocycles. The highest BCUT2D eigenvalue weighted by Gasteiger charge is 2.52. The summed E-state index contributed by atoms with van der Waals surface area (Å²) in [4.78, 5) is 38.4. The van der Waals surface area contributed by atoms with Crippen molar-refractivity contribution in [1.29, 1.82) is 0 Å². The molecule has 1 aliphatic heterocycles. The van der Waals surface area contributed by atoms with Gasteiger partial charge in [0, 0.05) is 25.6 Å². The number of carbonyl (C=O) groups excluding carboxylic acids is 1. The van der Waals surface area contributed by atoms with Crippen molar-refractivity contribution in [2.45, 2.75) is 95.8 Å². The summed E-state index contributed by atoms with van der Waals surface area (Å²) in [6, 6.07) is 25.2. The lowest BCUT2D eigenvalue weighted by molar-refractivity contribution is -0.152.